The highest BCUT2D eigenvalue weighted by Crippen LogP contribution is 2.35. The first-order valence-electron chi connectivity index (χ1n) is 15.4. The van der Waals surface area contributed by atoms with Crippen molar-refractivity contribution in [2.45, 2.75) is 85.2 Å². The monoisotopic (exact) mass is 655 g/mol. The number of aromatic nitrogens is 4. The molecule has 2 aromatic heterocycles. The molecular formula is C32H39ClFN7O5. The van der Waals surface area contributed by atoms with E-state index in [2.05, 4.69) is 20.2 Å². The highest BCUT2D eigenvalue weighted by Gasteiger charge is 2.32. The van der Waals surface area contributed by atoms with Crippen LogP contribution in [0.5, 0.6) is 17.4 Å². The molecule has 0 N–H and O–H groups in total. The van der Waals surface area contributed by atoms with Gasteiger partial charge in [0.15, 0.2) is 5.82 Å². The Morgan fingerprint density at radius 1 is 1.11 bits per heavy atom. The van der Waals surface area contributed by atoms with Crippen molar-refractivity contribution in [2.75, 3.05) is 24.5 Å². The lowest BCUT2D eigenvalue weighted by atomic mass is 10.1. The molecule has 246 valence electrons. The normalized spacial score (nSPS) is 15.2. The van der Waals surface area contributed by atoms with E-state index in [1.165, 1.54) is 12.1 Å². The molecule has 0 spiro atoms. The Kier molecular flexibility index (Phi) is 9.80. The summed E-state index contributed by atoms with van der Waals surface area (Å²) in [5.41, 5.74) is 1.14. The van der Waals surface area contributed by atoms with Crippen LogP contribution in [0.15, 0.2) is 30.5 Å². The predicted molar refractivity (Wildman–Crippen MR) is 169 cm³/mol. The minimum atomic E-state index is -0.594. The number of anilines is 1. The van der Waals surface area contributed by atoms with Crippen molar-refractivity contribution in [1.29, 1.82) is 0 Å². The molecule has 0 radical (unpaired) electrons. The van der Waals surface area contributed by atoms with E-state index in [-0.39, 0.29) is 46.6 Å². The summed E-state index contributed by atoms with van der Waals surface area (Å²) >= 11 is 6.15. The molecule has 12 nitrogen and oxygen atoms in total. The van der Waals surface area contributed by atoms with E-state index in [0.29, 0.717) is 57.1 Å². The van der Waals surface area contributed by atoms with Gasteiger partial charge in [-0.05, 0) is 77.4 Å². The summed E-state index contributed by atoms with van der Waals surface area (Å²) in [4.78, 5) is 40.1. The summed E-state index contributed by atoms with van der Waals surface area (Å²) in [5.74, 6) is 0.312. The summed E-state index contributed by atoms with van der Waals surface area (Å²) in [5, 5.41) is 7.93. The standard InChI is InChI=1S/C32H39ClFN7O5/c1-7-41(19(2)3)29(42)22-16-20(34)8-9-25(22)45-28-27(36-30(33)38-37-28)39-14-11-21(12-15-39)44-26-10-13-35-24-18-40(17-23(24)26)31(43)46-32(4,5)6/h8-10,13,16,19,21H,7,11-12,14-15,17-18H2,1-6H3. The van der Waals surface area contributed by atoms with Crippen molar-refractivity contribution in [1.82, 2.24) is 30.0 Å². The zero-order chi connectivity index (χ0) is 33.2. The van der Waals surface area contributed by atoms with Crippen molar-refractivity contribution >= 4 is 29.4 Å². The summed E-state index contributed by atoms with van der Waals surface area (Å²) in [6.45, 7) is 13.4. The lowest BCUT2D eigenvalue weighted by Crippen LogP contribution is -2.39. The van der Waals surface area contributed by atoms with E-state index in [9.17, 15) is 14.0 Å². The van der Waals surface area contributed by atoms with E-state index in [4.69, 9.17) is 25.8 Å². The number of hydrogen-bond acceptors (Lipinski definition) is 10. The second-order valence-corrected chi connectivity index (χ2v) is 12.9. The molecule has 2 aliphatic rings. The number of carbonyl (C=O) groups is 2. The van der Waals surface area contributed by atoms with Gasteiger partial charge in [0.2, 0.25) is 5.28 Å². The number of pyridine rings is 1. The number of piperidine rings is 1. The second-order valence-electron chi connectivity index (χ2n) is 12.5. The fourth-order valence-electron chi connectivity index (χ4n) is 5.50. The molecule has 14 heteroatoms. The smallest absolute Gasteiger partial charge is 0.410 e. The topological polar surface area (TPSA) is 123 Å². The van der Waals surface area contributed by atoms with Crippen LogP contribution in [0.2, 0.25) is 5.28 Å². The molecule has 0 atom stereocenters. The predicted octanol–water partition coefficient (Wildman–Crippen LogP) is 6.02. The van der Waals surface area contributed by atoms with Gasteiger partial charge in [-0.25, -0.2) is 9.18 Å². The van der Waals surface area contributed by atoms with Crippen molar-refractivity contribution in [3.63, 3.8) is 0 Å². The zero-order valence-electron chi connectivity index (χ0n) is 26.9. The van der Waals surface area contributed by atoms with Crippen LogP contribution < -0.4 is 14.4 Å². The lowest BCUT2D eigenvalue weighted by molar-refractivity contribution is 0.0239. The molecule has 5 rings (SSSR count). The van der Waals surface area contributed by atoms with E-state index in [1.807, 2.05) is 52.5 Å². The maximum atomic E-state index is 14.3. The van der Waals surface area contributed by atoms with Crippen LogP contribution in [-0.4, -0.2) is 79.3 Å². The average Bonchev–Trinajstić information content (AvgIpc) is 3.44. The molecule has 1 saturated heterocycles. The van der Waals surface area contributed by atoms with Gasteiger partial charge in [-0.1, -0.05) is 0 Å². The van der Waals surface area contributed by atoms with Crippen molar-refractivity contribution in [3.05, 3.63) is 58.4 Å². The number of amides is 2. The minimum absolute atomic E-state index is 0.0474. The Labute approximate surface area is 272 Å². The van der Waals surface area contributed by atoms with Crippen LogP contribution in [0.4, 0.5) is 15.0 Å². The maximum absolute atomic E-state index is 14.3. The first kappa shape index (κ1) is 33.1. The largest absolute Gasteiger partial charge is 0.490 e. The number of hydrogen-bond donors (Lipinski definition) is 0. The number of ether oxygens (including phenoxy) is 3. The molecule has 46 heavy (non-hydrogen) atoms. The van der Waals surface area contributed by atoms with Crippen LogP contribution in [0.1, 0.15) is 76.0 Å². The van der Waals surface area contributed by atoms with Crippen LogP contribution in [0.3, 0.4) is 0 Å². The van der Waals surface area contributed by atoms with Gasteiger partial charge in [0.1, 0.15) is 29.0 Å². The summed E-state index contributed by atoms with van der Waals surface area (Å²) in [6, 6.07) is 5.50. The quantitative estimate of drug-likeness (QED) is 0.285. The molecule has 0 unspecified atom stereocenters. The van der Waals surface area contributed by atoms with Gasteiger partial charge in [0.25, 0.3) is 11.8 Å². The SMILES string of the molecule is CCN(C(=O)c1cc(F)ccc1Oc1nnc(Cl)nc1N1CCC(Oc2ccnc3c2CN(C(=O)OC(C)(C)C)C3)CC1)C(C)C. The van der Waals surface area contributed by atoms with Gasteiger partial charge in [-0.2, -0.15) is 4.98 Å². The fraction of sp³-hybridized carbons (Fsp3) is 0.500. The van der Waals surface area contributed by atoms with Gasteiger partial charge in [0.05, 0.1) is 24.3 Å². The van der Waals surface area contributed by atoms with Gasteiger partial charge in [-0.15, -0.1) is 10.2 Å². The molecular weight excluding hydrogens is 617 g/mol. The molecule has 3 aromatic rings. The molecule has 4 heterocycles. The van der Waals surface area contributed by atoms with Gasteiger partial charge >= 0.3 is 6.09 Å². The Bertz CT molecular complexity index is 1590. The number of benzene rings is 1. The van der Waals surface area contributed by atoms with Gasteiger partial charge < -0.3 is 24.0 Å². The zero-order valence-corrected chi connectivity index (χ0v) is 27.7. The third-order valence-electron chi connectivity index (χ3n) is 7.69. The van der Waals surface area contributed by atoms with E-state index >= 15 is 0 Å². The van der Waals surface area contributed by atoms with Crippen molar-refractivity contribution in [3.8, 4) is 17.4 Å². The fourth-order valence-corrected chi connectivity index (χ4v) is 5.62. The molecule has 1 fully saturated rings. The Morgan fingerprint density at radius 2 is 1.85 bits per heavy atom. The molecule has 0 bridgehead atoms. The van der Waals surface area contributed by atoms with Gasteiger partial charge in [0, 0.05) is 50.3 Å². The maximum Gasteiger partial charge on any atom is 0.410 e. The minimum Gasteiger partial charge on any atom is -0.490 e. The highest BCUT2D eigenvalue weighted by molar-refractivity contribution is 6.28. The van der Waals surface area contributed by atoms with E-state index in [1.54, 1.807) is 16.0 Å². The summed E-state index contributed by atoms with van der Waals surface area (Å²) in [7, 11) is 0. The Hall–Kier alpha value is -4.26. The number of nitrogens with zero attached hydrogens (tertiary/aromatic N) is 7. The number of fused-ring (bicyclic) bond motifs is 1. The third-order valence-corrected chi connectivity index (χ3v) is 7.85. The van der Waals surface area contributed by atoms with Crippen LogP contribution in [0, 0.1) is 5.82 Å². The molecule has 0 aliphatic carbocycles. The average molecular weight is 656 g/mol. The number of carbonyl (C=O) groups excluding carboxylic acids is 2. The molecule has 2 aliphatic heterocycles. The Balaban J connectivity index is 1.28. The van der Waals surface area contributed by atoms with Crippen molar-refractivity contribution < 1.29 is 28.2 Å². The summed E-state index contributed by atoms with van der Waals surface area (Å²) < 4.78 is 32.4. The van der Waals surface area contributed by atoms with Crippen LogP contribution in [0.25, 0.3) is 0 Å². The molecule has 1 aromatic carbocycles. The first-order chi connectivity index (χ1) is 21.8. The number of halogens is 2. The van der Waals surface area contributed by atoms with Crippen LogP contribution in [-0.2, 0) is 17.8 Å². The van der Waals surface area contributed by atoms with E-state index < -0.39 is 11.4 Å². The first-order valence-corrected chi connectivity index (χ1v) is 15.8. The molecule has 2 amide bonds. The second kappa shape index (κ2) is 13.6. The third kappa shape index (κ3) is 7.57. The Morgan fingerprint density at radius 3 is 2.52 bits per heavy atom. The van der Waals surface area contributed by atoms with E-state index in [0.717, 1.165) is 17.3 Å². The highest BCUT2D eigenvalue weighted by atomic mass is 35.5. The molecule has 0 saturated carbocycles. The number of rotatable bonds is 8. The van der Waals surface area contributed by atoms with Crippen molar-refractivity contribution in [2.24, 2.45) is 0 Å². The van der Waals surface area contributed by atoms with Gasteiger partial charge in [-0.3, -0.25) is 14.7 Å². The summed E-state index contributed by atoms with van der Waals surface area (Å²) in [6.07, 6.45) is 2.49. The lowest BCUT2D eigenvalue weighted by Gasteiger charge is -2.33. The van der Waals surface area contributed by atoms with Crippen LogP contribution >= 0.6 is 11.6 Å².